The van der Waals surface area contributed by atoms with Crippen LogP contribution in [0.25, 0.3) is 10.9 Å². The van der Waals surface area contributed by atoms with E-state index in [0.29, 0.717) is 6.17 Å². The van der Waals surface area contributed by atoms with Gasteiger partial charge in [0.25, 0.3) is 0 Å². The highest BCUT2D eigenvalue weighted by atomic mass is 79.9. The molecule has 15 heavy (non-hydrogen) atoms. The normalized spacial score (nSPS) is 13.7. The SMILES string of the molecule is CC(N(C)C)n1ccc2cc(Br)ccc21. The largest absolute Gasteiger partial charge is 0.332 e. The molecule has 0 aliphatic carbocycles. The van der Waals surface area contributed by atoms with Crippen LogP contribution < -0.4 is 0 Å². The van der Waals surface area contributed by atoms with Gasteiger partial charge in [0, 0.05) is 21.6 Å². The lowest BCUT2D eigenvalue weighted by Crippen LogP contribution is -2.22. The van der Waals surface area contributed by atoms with Crippen molar-refractivity contribution < 1.29 is 0 Å². The number of rotatable bonds is 2. The molecule has 0 N–H and O–H groups in total. The molecule has 2 nitrogen and oxygen atoms in total. The van der Waals surface area contributed by atoms with E-state index in [4.69, 9.17) is 0 Å². The zero-order valence-electron chi connectivity index (χ0n) is 9.24. The quantitative estimate of drug-likeness (QED) is 0.808. The summed E-state index contributed by atoms with van der Waals surface area (Å²) in [6, 6.07) is 8.54. The average Bonchev–Trinajstić information content (AvgIpc) is 2.59. The fourth-order valence-electron chi connectivity index (χ4n) is 1.71. The van der Waals surface area contributed by atoms with Crippen molar-refractivity contribution in [3.63, 3.8) is 0 Å². The number of hydrogen-bond donors (Lipinski definition) is 0. The Kier molecular flexibility index (Phi) is 2.85. The van der Waals surface area contributed by atoms with Crippen LogP contribution in [0.2, 0.25) is 0 Å². The third-order valence-electron chi connectivity index (χ3n) is 2.83. The summed E-state index contributed by atoms with van der Waals surface area (Å²) >= 11 is 3.49. The van der Waals surface area contributed by atoms with Crippen molar-refractivity contribution >= 4 is 26.8 Å². The molecule has 0 saturated heterocycles. The lowest BCUT2D eigenvalue weighted by Gasteiger charge is -2.22. The standard InChI is InChI=1S/C12H15BrN2/c1-9(14(2)3)15-7-6-10-8-11(13)4-5-12(10)15/h4-9H,1-3H3. The molecule has 0 amide bonds. The van der Waals surface area contributed by atoms with Gasteiger partial charge < -0.3 is 4.57 Å². The van der Waals surface area contributed by atoms with Gasteiger partial charge in [-0.3, -0.25) is 4.90 Å². The van der Waals surface area contributed by atoms with Crippen LogP contribution in [-0.4, -0.2) is 23.6 Å². The number of aromatic nitrogens is 1. The van der Waals surface area contributed by atoms with Crippen molar-refractivity contribution in [3.8, 4) is 0 Å². The molecule has 1 unspecified atom stereocenters. The van der Waals surface area contributed by atoms with Crippen molar-refractivity contribution in [1.82, 2.24) is 9.47 Å². The second-order valence-corrected chi connectivity index (χ2v) is 4.94. The van der Waals surface area contributed by atoms with Gasteiger partial charge in [0.2, 0.25) is 0 Å². The second kappa shape index (κ2) is 3.99. The van der Waals surface area contributed by atoms with Gasteiger partial charge in [-0.2, -0.15) is 0 Å². The summed E-state index contributed by atoms with van der Waals surface area (Å²) in [7, 11) is 4.19. The minimum Gasteiger partial charge on any atom is -0.332 e. The van der Waals surface area contributed by atoms with E-state index in [1.165, 1.54) is 10.9 Å². The summed E-state index contributed by atoms with van der Waals surface area (Å²) in [5, 5.41) is 1.28. The smallest absolute Gasteiger partial charge is 0.0830 e. The van der Waals surface area contributed by atoms with E-state index in [1.807, 2.05) is 0 Å². The molecule has 0 aliphatic rings. The van der Waals surface area contributed by atoms with Crippen molar-refractivity contribution in [1.29, 1.82) is 0 Å². The van der Waals surface area contributed by atoms with E-state index in [2.05, 4.69) is 76.9 Å². The molecule has 1 aromatic heterocycles. The maximum Gasteiger partial charge on any atom is 0.0830 e. The van der Waals surface area contributed by atoms with Crippen LogP contribution in [0.4, 0.5) is 0 Å². The summed E-state index contributed by atoms with van der Waals surface area (Å²) in [5.41, 5.74) is 1.28. The maximum atomic E-state index is 3.49. The molecule has 2 aromatic rings. The molecule has 0 radical (unpaired) electrons. The lowest BCUT2D eigenvalue weighted by molar-refractivity contribution is 0.244. The Bertz CT molecular complexity index is 473. The van der Waals surface area contributed by atoms with E-state index in [0.717, 1.165) is 4.47 Å². The highest BCUT2D eigenvalue weighted by Gasteiger charge is 2.09. The summed E-state index contributed by atoms with van der Waals surface area (Å²) in [4.78, 5) is 2.20. The Morgan fingerprint density at radius 3 is 2.67 bits per heavy atom. The molecule has 80 valence electrons. The molecule has 3 heteroatoms. The molecule has 0 bridgehead atoms. The van der Waals surface area contributed by atoms with Gasteiger partial charge in [0.05, 0.1) is 6.17 Å². The van der Waals surface area contributed by atoms with Crippen molar-refractivity contribution in [2.45, 2.75) is 13.1 Å². The zero-order valence-corrected chi connectivity index (χ0v) is 10.8. The fourth-order valence-corrected chi connectivity index (χ4v) is 2.09. The number of benzene rings is 1. The van der Waals surface area contributed by atoms with Crippen LogP contribution in [0, 0.1) is 0 Å². The van der Waals surface area contributed by atoms with Gasteiger partial charge >= 0.3 is 0 Å². The first-order valence-electron chi connectivity index (χ1n) is 5.02. The number of hydrogen-bond acceptors (Lipinski definition) is 1. The molecular weight excluding hydrogens is 252 g/mol. The van der Waals surface area contributed by atoms with Gasteiger partial charge in [-0.05, 0) is 45.3 Å². The predicted octanol–water partition coefficient (Wildman–Crippen LogP) is 3.48. The minimum absolute atomic E-state index is 0.378. The van der Waals surface area contributed by atoms with Gasteiger partial charge in [-0.25, -0.2) is 0 Å². The van der Waals surface area contributed by atoms with Gasteiger partial charge in [0.15, 0.2) is 0 Å². The number of halogens is 1. The Morgan fingerprint density at radius 2 is 2.00 bits per heavy atom. The third kappa shape index (κ3) is 1.94. The summed E-state index contributed by atoms with van der Waals surface area (Å²) in [6.07, 6.45) is 2.52. The van der Waals surface area contributed by atoms with Crippen LogP contribution >= 0.6 is 15.9 Å². The molecule has 0 spiro atoms. The summed E-state index contributed by atoms with van der Waals surface area (Å²) in [6.45, 7) is 2.20. The number of nitrogens with zero attached hydrogens (tertiary/aromatic N) is 2. The average molecular weight is 267 g/mol. The molecule has 1 aromatic carbocycles. The van der Waals surface area contributed by atoms with Gasteiger partial charge in [0.1, 0.15) is 0 Å². The zero-order chi connectivity index (χ0) is 11.0. The first kappa shape index (κ1) is 10.7. The maximum absolute atomic E-state index is 3.49. The Hall–Kier alpha value is -0.800. The van der Waals surface area contributed by atoms with Crippen LogP contribution in [-0.2, 0) is 0 Å². The Labute approximate surface area is 98.6 Å². The van der Waals surface area contributed by atoms with E-state index in [-0.39, 0.29) is 0 Å². The first-order valence-corrected chi connectivity index (χ1v) is 5.81. The molecule has 0 saturated carbocycles. The third-order valence-corrected chi connectivity index (χ3v) is 3.33. The van der Waals surface area contributed by atoms with Gasteiger partial charge in [-0.1, -0.05) is 15.9 Å². The Balaban J connectivity index is 2.54. The van der Waals surface area contributed by atoms with Crippen LogP contribution in [0.3, 0.4) is 0 Å². The topological polar surface area (TPSA) is 8.17 Å². The number of fused-ring (bicyclic) bond motifs is 1. The summed E-state index contributed by atoms with van der Waals surface area (Å²) in [5.74, 6) is 0. The predicted molar refractivity (Wildman–Crippen MR) is 68.0 cm³/mol. The van der Waals surface area contributed by atoms with Crippen LogP contribution in [0.1, 0.15) is 13.1 Å². The Morgan fingerprint density at radius 1 is 1.27 bits per heavy atom. The molecule has 1 atom stereocenters. The molecular formula is C12H15BrN2. The highest BCUT2D eigenvalue weighted by Crippen LogP contribution is 2.24. The lowest BCUT2D eigenvalue weighted by atomic mass is 10.2. The van der Waals surface area contributed by atoms with Gasteiger partial charge in [-0.15, -0.1) is 0 Å². The van der Waals surface area contributed by atoms with Crippen molar-refractivity contribution in [2.24, 2.45) is 0 Å². The van der Waals surface area contributed by atoms with E-state index >= 15 is 0 Å². The van der Waals surface area contributed by atoms with E-state index in [9.17, 15) is 0 Å². The second-order valence-electron chi connectivity index (χ2n) is 4.02. The molecule has 0 fully saturated rings. The van der Waals surface area contributed by atoms with Crippen LogP contribution in [0.5, 0.6) is 0 Å². The highest BCUT2D eigenvalue weighted by molar-refractivity contribution is 9.10. The van der Waals surface area contributed by atoms with E-state index < -0.39 is 0 Å². The monoisotopic (exact) mass is 266 g/mol. The molecule has 2 rings (SSSR count). The first-order chi connectivity index (χ1) is 7.09. The van der Waals surface area contributed by atoms with Crippen LogP contribution in [0.15, 0.2) is 34.9 Å². The molecule has 0 aliphatic heterocycles. The fraction of sp³-hybridized carbons (Fsp3) is 0.333. The summed E-state index contributed by atoms with van der Waals surface area (Å²) < 4.78 is 3.41. The van der Waals surface area contributed by atoms with Crippen molar-refractivity contribution in [2.75, 3.05) is 14.1 Å². The van der Waals surface area contributed by atoms with E-state index in [1.54, 1.807) is 0 Å². The minimum atomic E-state index is 0.378. The molecule has 1 heterocycles. The van der Waals surface area contributed by atoms with Crippen molar-refractivity contribution in [3.05, 3.63) is 34.9 Å².